The molecule has 9 heteroatoms. The molecule has 25 heavy (non-hydrogen) atoms. The summed E-state index contributed by atoms with van der Waals surface area (Å²) in [7, 11) is 0. The van der Waals surface area contributed by atoms with Crippen molar-refractivity contribution in [2.24, 2.45) is 5.92 Å². The average Bonchev–Trinajstić information content (AvgIpc) is 2.44. The minimum Gasteiger partial charge on any atom is -0.373 e. The highest BCUT2D eigenvalue weighted by atomic mass is 19.4. The highest BCUT2D eigenvalue weighted by Crippen LogP contribution is 2.40. The van der Waals surface area contributed by atoms with Gasteiger partial charge in [0.2, 0.25) is 0 Å². The first-order chi connectivity index (χ1) is 11.5. The fourth-order valence-corrected chi connectivity index (χ4v) is 2.96. The molecule has 0 saturated carbocycles. The van der Waals surface area contributed by atoms with E-state index in [9.17, 15) is 30.7 Å². The van der Waals surface area contributed by atoms with Gasteiger partial charge in [0.15, 0.2) is 0 Å². The van der Waals surface area contributed by atoms with E-state index in [1.807, 2.05) is 6.92 Å². The summed E-state index contributed by atoms with van der Waals surface area (Å²) in [6.45, 7) is 2.38. The molecule has 2 rings (SSSR count). The maximum atomic E-state index is 13.9. The smallest absolute Gasteiger partial charge is 0.373 e. The predicted molar refractivity (Wildman–Crippen MR) is 73.7 cm³/mol. The summed E-state index contributed by atoms with van der Waals surface area (Å²) in [5.74, 6) is -3.31. The molecule has 1 heterocycles. The summed E-state index contributed by atoms with van der Waals surface area (Å²) in [6.07, 6.45) is -8.52. The van der Waals surface area contributed by atoms with Gasteiger partial charge in [-0.25, -0.2) is 13.5 Å². The topological polar surface area (TPSA) is 18.5 Å². The first-order valence-electron chi connectivity index (χ1n) is 7.79. The lowest BCUT2D eigenvalue weighted by Gasteiger charge is -2.29. The molecule has 2 atom stereocenters. The Labute approximate surface area is 139 Å². The molecular weight excluding hydrogens is 357 g/mol. The van der Waals surface area contributed by atoms with E-state index >= 15 is 0 Å². The van der Waals surface area contributed by atoms with Crippen LogP contribution in [0.25, 0.3) is 0 Å². The maximum Gasteiger partial charge on any atom is 0.527 e. The van der Waals surface area contributed by atoms with Crippen LogP contribution in [-0.2, 0) is 15.6 Å². The molecule has 1 saturated heterocycles. The van der Waals surface area contributed by atoms with Crippen LogP contribution in [0, 0.1) is 17.6 Å². The van der Waals surface area contributed by atoms with Gasteiger partial charge in [0.05, 0.1) is 12.7 Å². The van der Waals surface area contributed by atoms with Crippen molar-refractivity contribution in [1.29, 1.82) is 0 Å². The molecule has 0 spiro atoms. The van der Waals surface area contributed by atoms with Crippen molar-refractivity contribution in [2.75, 3.05) is 6.61 Å². The molecule has 0 N–H and O–H groups in total. The molecule has 2 unspecified atom stereocenters. The van der Waals surface area contributed by atoms with Crippen LogP contribution in [-0.4, -0.2) is 13.0 Å². The molecule has 142 valence electrons. The normalized spacial score (nSPS) is 22.2. The summed E-state index contributed by atoms with van der Waals surface area (Å²) in [6, 6.07) is 1.13. The predicted octanol–water partition coefficient (Wildman–Crippen LogP) is 5.82. The Morgan fingerprint density at radius 3 is 2.12 bits per heavy atom. The van der Waals surface area contributed by atoms with Gasteiger partial charge in [-0.15, -0.1) is 13.2 Å². The molecular formula is C16H17F7O2. The third-order valence-corrected chi connectivity index (χ3v) is 4.04. The van der Waals surface area contributed by atoms with Crippen LogP contribution in [0.4, 0.5) is 30.7 Å². The van der Waals surface area contributed by atoms with E-state index in [0.717, 1.165) is 19.3 Å². The Balaban J connectivity index is 2.20. The number of alkyl halides is 5. The van der Waals surface area contributed by atoms with Crippen LogP contribution in [0.5, 0.6) is 0 Å². The summed E-state index contributed by atoms with van der Waals surface area (Å²) in [5.41, 5.74) is -2.11. The minimum atomic E-state index is -5.75. The second kappa shape index (κ2) is 7.49. The van der Waals surface area contributed by atoms with E-state index in [2.05, 4.69) is 4.74 Å². The van der Waals surface area contributed by atoms with E-state index in [4.69, 9.17) is 4.74 Å². The van der Waals surface area contributed by atoms with Crippen LogP contribution in [0.2, 0.25) is 0 Å². The summed E-state index contributed by atoms with van der Waals surface area (Å²) >= 11 is 0. The zero-order valence-electron chi connectivity index (χ0n) is 13.3. The highest BCUT2D eigenvalue weighted by molar-refractivity contribution is 5.30. The second-order valence-corrected chi connectivity index (χ2v) is 5.98. The Morgan fingerprint density at radius 1 is 1.08 bits per heavy atom. The van der Waals surface area contributed by atoms with Crippen molar-refractivity contribution in [3.8, 4) is 0 Å². The molecule has 0 aliphatic carbocycles. The standard InChI is InChI=1S/C16H17F7O2/c1-2-3-9-4-5-13(24-8-9)10-6-11(17)14(12(18)7-10)15(19,20)25-16(21,22)23/h6-7,9,13H,2-5,8H2,1H3. The molecule has 0 radical (unpaired) electrons. The quantitative estimate of drug-likeness (QED) is 0.605. The number of hydrogen-bond acceptors (Lipinski definition) is 2. The second-order valence-electron chi connectivity index (χ2n) is 5.98. The number of hydrogen-bond donors (Lipinski definition) is 0. The monoisotopic (exact) mass is 374 g/mol. The lowest BCUT2D eigenvalue weighted by molar-refractivity contribution is -0.432. The van der Waals surface area contributed by atoms with Gasteiger partial charge in [-0.05, 0) is 42.9 Å². The third kappa shape index (κ3) is 5.07. The van der Waals surface area contributed by atoms with Crippen LogP contribution in [0.1, 0.15) is 49.8 Å². The number of benzene rings is 1. The van der Waals surface area contributed by atoms with Gasteiger partial charge in [-0.2, -0.15) is 8.78 Å². The SMILES string of the molecule is CCCC1CCC(c2cc(F)c(C(F)(F)OC(F)(F)F)c(F)c2)OC1. The van der Waals surface area contributed by atoms with Gasteiger partial charge >= 0.3 is 12.5 Å². The molecule has 1 aliphatic rings. The van der Waals surface area contributed by atoms with Crippen LogP contribution >= 0.6 is 0 Å². The van der Waals surface area contributed by atoms with Gasteiger partial charge < -0.3 is 4.74 Å². The van der Waals surface area contributed by atoms with Gasteiger partial charge in [0.25, 0.3) is 0 Å². The Hall–Kier alpha value is -1.35. The molecule has 1 aromatic carbocycles. The van der Waals surface area contributed by atoms with Crippen molar-refractivity contribution in [3.63, 3.8) is 0 Å². The van der Waals surface area contributed by atoms with Crippen molar-refractivity contribution in [3.05, 3.63) is 34.9 Å². The maximum absolute atomic E-state index is 13.9. The van der Waals surface area contributed by atoms with Gasteiger partial charge in [0, 0.05) is 0 Å². The summed E-state index contributed by atoms with van der Waals surface area (Å²) < 4.78 is 98.8. The molecule has 2 nitrogen and oxygen atoms in total. The average molecular weight is 374 g/mol. The van der Waals surface area contributed by atoms with E-state index in [1.54, 1.807) is 0 Å². The molecule has 1 fully saturated rings. The van der Waals surface area contributed by atoms with Crippen LogP contribution < -0.4 is 0 Å². The van der Waals surface area contributed by atoms with Crippen molar-refractivity contribution >= 4 is 0 Å². The summed E-state index contributed by atoms with van der Waals surface area (Å²) in [5, 5.41) is 0. The third-order valence-electron chi connectivity index (χ3n) is 4.04. The Morgan fingerprint density at radius 2 is 1.68 bits per heavy atom. The number of rotatable bonds is 5. The number of halogens is 7. The first-order valence-corrected chi connectivity index (χ1v) is 7.79. The lowest BCUT2D eigenvalue weighted by atomic mass is 9.91. The fraction of sp³-hybridized carbons (Fsp3) is 0.625. The van der Waals surface area contributed by atoms with Crippen molar-refractivity contribution in [2.45, 2.75) is 51.2 Å². The van der Waals surface area contributed by atoms with Gasteiger partial charge in [-0.3, -0.25) is 0 Å². The fourth-order valence-electron chi connectivity index (χ4n) is 2.96. The van der Waals surface area contributed by atoms with Crippen molar-refractivity contribution in [1.82, 2.24) is 0 Å². The van der Waals surface area contributed by atoms with Gasteiger partial charge in [0.1, 0.15) is 17.2 Å². The van der Waals surface area contributed by atoms with E-state index in [-0.39, 0.29) is 5.56 Å². The lowest BCUT2D eigenvalue weighted by Crippen LogP contribution is -2.30. The van der Waals surface area contributed by atoms with Gasteiger partial charge in [-0.1, -0.05) is 13.3 Å². The van der Waals surface area contributed by atoms with Crippen LogP contribution in [0.3, 0.4) is 0 Å². The molecule has 1 aliphatic heterocycles. The largest absolute Gasteiger partial charge is 0.527 e. The zero-order valence-corrected chi connectivity index (χ0v) is 13.3. The minimum absolute atomic E-state index is 0.0310. The highest BCUT2D eigenvalue weighted by Gasteiger charge is 2.49. The number of ether oxygens (including phenoxy) is 2. The molecule has 0 bridgehead atoms. The Bertz CT molecular complexity index is 570. The Kier molecular flexibility index (Phi) is 5.98. The van der Waals surface area contributed by atoms with Crippen molar-refractivity contribution < 1.29 is 40.2 Å². The van der Waals surface area contributed by atoms with Crippen LogP contribution in [0.15, 0.2) is 12.1 Å². The van der Waals surface area contributed by atoms with E-state index < -0.39 is 35.8 Å². The molecule has 0 aromatic heterocycles. The summed E-state index contributed by atoms with van der Waals surface area (Å²) in [4.78, 5) is 0. The van der Waals surface area contributed by atoms with E-state index in [1.165, 1.54) is 0 Å². The molecule has 0 amide bonds. The molecule has 1 aromatic rings. The van der Waals surface area contributed by atoms with E-state index in [0.29, 0.717) is 31.1 Å². The zero-order chi connectivity index (χ0) is 18.8. The first kappa shape index (κ1) is 20.0.